The van der Waals surface area contributed by atoms with Gasteiger partial charge in [0.1, 0.15) is 5.75 Å². The Hall–Kier alpha value is -1.03. The van der Waals surface area contributed by atoms with Gasteiger partial charge in [-0.25, -0.2) is 4.32 Å². The number of hydrogen-bond donors (Lipinski definition) is 1. The van der Waals surface area contributed by atoms with E-state index < -0.39 is 7.40 Å². The highest BCUT2D eigenvalue weighted by molar-refractivity contribution is 6.34. The van der Waals surface area contributed by atoms with Crippen molar-refractivity contribution in [1.29, 1.82) is 0 Å². The molecule has 100 valence electrons. The van der Waals surface area contributed by atoms with Crippen molar-refractivity contribution in [2.75, 3.05) is 0 Å². The van der Waals surface area contributed by atoms with Crippen molar-refractivity contribution in [3.8, 4) is 5.75 Å². The Morgan fingerprint density at radius 1 is 1.06 bits per heavy atom. The topological polar surface area (TPSA) is 29.5 Å². The lowest BCUT2D eigenvalue weighted by molar-refractivity contribution is 0.349. The van der Waals surface area contributed by atoms with Crippen LogP contribution in [-0.4, -0.2) is 12.4 Å². The second kappa shape index (κ2) is 8.98. The normalized spacial score (nSPS) is 10.4. The molecule has 18 heavy (non-hydrogen) atoms. The molecule has 0 bridgehead atoms. The van der Waals surface area contributed by atoms with Gasteiger partial charge in [0.15, 0.2) is 0 Å². The van der Waals surface area contributed by atoms with Crippen LogP contribution in [-0.2, 0) is 6.42 Å². The summed E-state index contributed by atoms with van der Waals surface area (Å²) in [6.45, 7) is 2.22. The molecular formula is C14H22BFO2. The third-order valence-electron chi connectivity index (χ3n) is 2.98. The molecule has 0 radical (unpaired) electrons. The summed E-state index contributed by atoms with van der Waals surface area (Å²) in [5.74, 6) is 0.358. The molecule has 1 N–H and O–H groups in total. The summed E-state index contributed by atoms with van der Waals surface area (Å²) in [5.41, 5.74) is 1.23. The Kier molecular flexibility index (Phi) is 7.50. The Morgan fingerprint density at radius 3 is 2.28 bits per heavy atom. The monoisotopic (exact) mass is 252 g/mol. The maximum atomic E-state index is 12.2. The highest BCUT2D eigenvalue weighted by Crippen LogP contribution is 2.15. The van der Waals surface area contributed by atoms with Crippen molar-refractivity contribution < 1.29 is 14.0 Å². The maximum absolute atomic E-state index is 12.2. The van der Waals surface area contributed by atoms with E-state index in [1.54, 1.807) is 12.1 Å². The minimum Gasteiger partial charge on any atom is -0.509 e. The molecule has 1 rings (SSSR count). The number of unbranched alkanes of at least 4 members (excludes halogenated alkanes) is 5. The van der Waals surface area contributed by atoms with Gasteiger partial charge in [0.2, 0.25) is 0 Å². The van der Waals surface area contributed by atoms with Gasteiger partial charge in [-0.05, 0) is 30.5 Å². The Balaban J connectivity index is 2.18. The van der Waals surface area contributed by atoms with Crippen LogP contribution in [0.4, 0.5) is 4.32 Å². The SMILES string of the molecule is CCCCCCCCc1ccc(OB(O)F)cc1. The van der Waals surface area contributed by atoms with Gasteiger partial charge in [-0.1, -0.05) is 51.2 Å². The van der Waals surface area contributed by atoms with Crippen LogP contribution in [0, 0.1) is 0 Å². The molecule has 0 unspecified atom stereocenters. The van der Waals surface area contributed by atoms with E-state index in [9.17, 15) is 4.32 Å². The molecule has 0 fully saturated rings. The first-order valence-electron chi connectivity index (χ1n) is 6.80. The first-order chi connectivity index (χ1) is 8.72. The van der Waals surface area contributed by atoms with E-state index in [1.807, 2.05) is 12.1 Å². The molecule has 0 spiro atoms. The number of benzene rings is 1. The van der Waals surface area contributed by atoms with Gasteiger partial charge in [-0.3, -0.25) is 0 Å². The van der Waals surface area contributed by atoms with E-state index in [2.05, 4.69) is 11.6 Å². The van der Waals surface area contributed by atoms with Crippen LogP contribution >= 0.6 is 0 Å². The fourth-order valence-corrected chi connectivity index (χ4v) is 1.96. The van der Waals surface area contributed by atoms with Crippen molar-refractivity contribution in [2.45, 2.75) is 51.9 Å². The molecule has 4 heteroatoms. The van der Waals surface area contributed by atoms with Gasteiger partial charge in [0.05, 0.1) is 0 Å². The number of hydrogen-bond acceptors (Lipinski definition) is 2. The van der Waals surface area contributed by atoms with E-state index in [-0.39, 0.29) is 0 Å². The van der Waals surface area contributed by atoms with Crippen LogP contribution in [0.5, 0.6) is 5.75 Å². The lowest BCUT2D eigenvalue weighted by Gasteiger charge is -2.05. The van der Waals surface area contributed by atoms with E-state index >= 15 is 0 Å². The van der Waals surface area contributed by atoms with E-state index in [0.717, 1.165) is 6.42 Å². The van der Waals surface area contributed by atoms with Crippen LogP contribution in [0.15, 0.2) is 24.3 Å². The summed E-state index contributed by atoms with van der Waals surface area (Å²) in [7, 11) is -2.24. The van der Waals surface area contributed by atoms with Crippen LogP contribution in [0.1, 0.15) is 51.0 Å². The summed E-state index contributed by atoms with van der Waals surface area (Å²) in [5, 5.41) is 8.43. The Bertz CT molecular complexity index is 314. The molecule has 1 aromatic carbocycles. The average Bonchev–Trinajstić information content (AvgIpc) is 2.35. The molecule has 0 aliphatic carbocycles. The van der Waals surface area contributed by atoms with Crippen molar-refractivity contribution in [3.05, 3.63) is 29.8 Å². The smallest absolute Gasteiger partial charge is 0.509 e. The lowest BCUT2D eigenvalue weighted by Crippen LogP contribution is -2.14. The molecule has 0 aromatic heterocycles. The summed E-state index contributed by atoms with van der Waals surface area (Å²) in [6, 6.07) is 7.22. The lowest BCUT2D eigenvalue weighted by atomic mass is 10.0. The average molecular weight is 252 g/mol. The van der Waals surface area contributed by atoms with Crippen molar-refractivity contribution in [1.82, 2.24) is 0 Å². The highest BCUT2D eigenvalue weighted by atomic mass is 19.1. The van der Waals surface area contributed by atoms with Crippen molar-refractivity contribution >= 4 is 7.40 Å². The van der Waals surface area contributed by atoms with Gasteiger partial charge in [0, 0.05) is 0 Å². The summed E-state index contributed by atoms with van der Waals surface area (Å²) >= 11 is 0. The summed E-state index contributed by atoms with van der Waals surface area (Å²) < 4.78 is 16.7. The maximum Gasteiger partial charge on any atom is 0.751 e. The van der Waals surface area contributed by atoms with Crippen molar-refractivity contribution in [2.24, 2.45) is 0 Å². The van der Waals surface area contributed by atoms with Gasteiger partial charge in [-0.15, -0.1) is 0 Å². The molecule has 0 saturated carbocycles. The number of halogens is 1. The zero-order chi connectivity index (χ0) is 13.2. The van der Waals surface area contributed by atoms with Crippen LogP contribution in [0.25, 0.3) is 0 Å². The molecule has 1 aromatic rings. The fourth-order valence-electron chi connectivity index (χ4n) is 1.96. The third kappa shape index (κ3) is 6.65. The van der Waals surface area contributed by atoms with Gasteiger partial charge >= 0.3 is 7.40 Å². The van der Waals surface area contributed by atoms with E-state index in [4.69, 9.17) is 5.02 Å². The van der Waals surface area contributed by atoms with Crippen LogP contribution in [0.3, 0.4) is 0 Å². The predicted molar refractivity (Wildman–Crippen MR) is 73.2 cm³/mol. The standard InChI is InChI=1S/C14H22BFO2/c1-2-3-4-5-6-7-8-13-9-11-14(12-10-13)18-15(16)17/h9-12,17H,2-8H2,1H3. The summed E-state index contributed by atoms with van der Waals surface area (Å²) in [4.78, 5) is 0. The van der Waals surface area contributed by atoms with Gasteiger partial charge < -0.3 is 9.68 Å². The first-order valence-corrected chi connectivity index (χ1v) is 6.80. The quantitative estimate of drug-likeness (QED) is 0.533. The molecule has 0 atom stereocenters. The first kappa shape index (κ1) is 15.0. The number of rotatable bonds is 9. The molecule has 0 aliphatic heterocycles. The highest BCUT2D eigenvalue weighted by Gasteiger charge is 2.13. The van der Waals surface area contributed by atoms with E-state index in [0.29, 0.717) is 5.75 Å². The summed E-state index contributed by atoms with van der Waals surface area (Å²) in [6.07, 6.45) is 8.75. The zero-order valence-electron chi connectivity index (χ0n) is 11.1. The molecular weight excluding hydrogens is 230 g/mol. The van der Waals surface area contributed by atoms with Crippen LogP contribution in [0.2, 0.25) is 0 Å². The molecule has 2 nitrogen and oxygen atoms in total. The Morgan fingerprint density at radius 2 is 1.67 bits per heavy atom. The van der Waals surface area contributed by atoms with E-state index in [1.165, 1.54) is 44.1 Å². The van der Waals surface area contributed by atoms with Gasteiger partial charge in [0.25, 0.3) is 0 Å². The molecule has 0 aliphatic rings. The number of aryl methyl sites for hydroxylation is 1. The molecule has 0 heterocycles. The fraction of sp³-hybridized carbons (Fsp3) is 0.571. The van der Waals surface area contributed by atoms with Crippen LogP contribution < -0.4 is 4.65 Å². The Labute approximate surface area is 109 Å². The van der Waals surface area contributed by atoms with Gasteiger partial charge in [-0.2, -0.15) is 0 Å². The molecule has 0 saturated heterocycles. The molecule has 0 amide bonds. The minimum atomic E-state index is -2.24. The van der Waals surface area contributed by atoms with Crippen molar-refractivity contribution in [3.63, 3.8) is 0 Å². The zero-order valence-corrected chi connectivity index (χ0v) is 11.1. The second-order valence-corrected chi connectivity index (χ2v) is 4.57. The largest absolute Gasteiger partial charge is 0.751 e. The second-order valence-electron chi connectivity index (χ2n) is 4.57. The minimum absolute atomic E-state index is 0.358. The predicted octanol–water partition coefficient (Wildman–Crippen LogP) is 3.92. The third-order valence-corrected chi connectivity index (χ3v) is 2.98.